The summed E-state index contributed by atoms with van der Waals surface area (Å²) < 4.78 is 10.4. The van der Waals surface area contributed by atoms with Crippen molar-refractivity contribution in [2.75, 3.05) is 21.3 Å². The Bertz CT molecular complexity index is 784. The molecule has 0 spiro atoms. The second-order valence-electron chi connectivity index (χ2n) is 5.91. The van der Waals surface area contributed by atoms with Crippen LogP contribution in [0, 0.1) is 10.1 Å². The van der Waals surface area contributed by atoms with Crippen molar-refractivity contribution in [3.05, 3.63) is 81.5 Å². The molecule has 0 amide bonds. The Labute approximate surface area is 146 Å². The van der Waals surface area contributed by atoms with E-state index in [-0.39, 0.29) is 16.7 Å². The van der Waals surface area contributed by atoms with E-state index in [4.69, 9.17) is 9.47 Å². The minimum Gasteiger partial charge on any atom is -0.497 e. The van der Waals surface area contributed by atoms with Gasteiger partial charge in [-0.2, -0.15) is 0 Å². The summed E-state index contributed by atoms with van der Waals surface area (Å²) in [5.74, 6) is 1.48. The first kappa shape index (κ1) is 17.0. The van der Waals surface area contributed by atoms with Gasteiger partial charge in [0.15, 0.2) is 0 Å². The third-order valence-corrected chi connectivity index (χ3v) is 4.55. The summed E-state index contributed by atoms with van der Waals surface area (Å²) in [4.78, 5) is 13.3. The molecular formula is C19H20N2O4. The van der Waals surface area contributed by atoms with Gasteiger partial charge in [0.05, 0.1) is 25.2 Å². The van der Waals surface area contributed by atoms with Crippen LogP contribution in [0.5, 0.6) is 11.5 Å². The fourth-order valence-corrected chi connectivity index (χ4v) is 3.22. The summed E-state index contributed by atoms with van der Waals surface area (Å²) in [5.41, 5.74) is 2.04. The molecule has 0 saturated heterocycles. The van der Waals surface area contributed by atoms with E-state index in [0.29, 0.717) is 0 Å². The van der Waals surface area contributed by atoms with Gasteiger partial charge in [0.2, 0.25) is 0 Å². The van der Waals surface area contributed by atoms with Gasteiger partial charge in [-0.25, -0.2) is 0 Å². The van der Waals surface area contributed by atoms with Crippen molar-refractivity contribution >= 4 is 0 Å². The fraction of sp³-hybridized carbons (Fsp3) is 0.263. The van der Waals surface area contributed by atoms with E-state index < -0.39 is 6.04 Å². The molecule has 1 heterocycles. The van der Waals surface area contributed by atoms with E-state index in [2.05, 4.69) is 0 Å². The number of hydrogen-bond donors (Lipinski definition) is 0. The molecule has 0 saturated carbocycles. The lowest BCUT2D eigenvalue weighted by Crippen LogP contribution is -2.25. The highest BCUT2D eigenvalue weighted by Gasteiger charge is 2.40. The Morgan fingerprint density at radius 3 is 1.84 bits per heavy atom. The maximum absolute atomic E-state index is 11.6. The average molecular weight is 340 g/mol. The summed E-state index contributed by atoms with van der Waals surface area (Å²) in [5, 5.41) is 11.6. The number of ether oxygens (including phenoxy) is 2. The largest absolute Gasteiger partial charge is 0.497 e. The Balaban J connectivity index is 1.96. The van der Waals surface area contributed by atoms with Crippen LogP contribution in [0.15, 0.2) is 60.3 Å². The second-order valence-corrected chi connectivity index (χ2v) is 5.91. The smallest absolute Gasteiger partial charge is 0.265 e. The molecule has 1 aliphatic heterocycles. The van der Waals surface area contributed by atoms with Crippen LogP contribution < -0.4 is 9.47 Å². The van der Waals surface area contributed by atoms with Crippen LogP contribution in [0.1, 0.15) is 23.2 Å². The molecule has 0 aromatic heterocycles. The molecule has 1 aliphatic rings. The molecule has 2 atom stereocenters. The first-order valence-electron chi connectivity index (χ1n) is 7.91. The van der Waals surface area contributed by atoms with Gasteiger partial charge < -0.3 is 9.47 Å². The number of methoxy groups -OCH3 is 2. The van der Waals surface area contributed by atoms with Gasteiger partial charge in [0.1, 0.15) is 17.5 Å². The molecule has 0 fully saturated rings. The molecule has 6 nitrogen and oxygen atoms in total. The van der Waals surface area contributed by atoms with Crippen LogP contribution >= 0.6 is 0 Å². The van der Waals surface area contributed by atoms with Crippen LogP contribution in [0.25, 0.3) is 0 Å². The highest BCUT2D eigenvalue weighted by molar-refractivity contribution is 5.38. The van der Waals surface area contributed by atoms with Gasteiger partial charge in [-0.15, -0.1) is 0 Å². The lowest BCUT2D eigenvalue weighted by Gasteiger charge is -2.26. The number of rotatable bonds is 5. The number of benzene rings is 2. The molecule has 6 heteroatoms. The monoisotopic (exact) mass is 340 g/mol. The van der Waals surface area contributed by atoms with Gasteiger partial charge in [-0.05, 0) is 42.4 Å². The molecule has 25 heavy (non-hydrogen) atoms. The zero-order valence-electron chi connectivity index (χ0n) is 14.4. The Morgan fingerprint density at radius 1 is 0.920 bits per heavy atom. The molecule has 0 aliphatic carbocycles. The Kier molecular flexibility index (Phi) is 4.72. The van der Waals surface area contributed by atoms with E-state index in [1.165, 1.54) is 0 Å². The topological polar surface area (TPSA) is 64.8 Å². The number of hydrogen-bond acceptors (Lipinski definition) is 5. The van der Waals surface area contributed by atoms with Gasteiger partial charge >= 0.3 is 0 Å². The first-order chi connectivity index (χ1) is 12.0. The third-order valence-electron chi connectivity index (χ3n) is 4.55. The highest BCUT2D eigenvalue weighted by atomic mass is 16.6. The van der Waals surface area contributed by atoms with E-state index in [1.54, 1.807) is 20.3 Å². The fourth-order valence-electron chi connectivity index (χ4n) is 3.22. The zero-order valence-corrected chi connectivity index (χ0v) is 14.4. The van der Waals surface area contributed by atoms with Gasteiger partial charge in [-0.1, -0.05) is 24.3 Å². The van der Waals surface area contributed by atoms with Gasteiger partial charge in [-0.3, -0.25) is 15.0 Å². The quantitative estimate of drug-likeness (QED) is 0.615. The number of nitro groups is 1. The number of nitrogens with zero attached hydrogens (tertiary/aromatic N) is 2. The van der Waals surface area contributed by atoms with E-state index >= 15 is 0 Å². The maximum atomic E-state index is 11.6. The molecule has 2 aromatic rings. The van der Waals surface area contributed by atoms with Crippen LogP contribution in [-0.4, -0.2) is 31.1 Å². The van der Waals surface area contributed by atoms with Crippen molar-refractivity contribution in [3.63, 3.8) is 0 Å². The van der Waals surface area contributed by atoms with Gasteiger partial charge in [0.25, 0.3) is 5.70 Å². The minimum atomic E-state index is -0.409. The van der Waals surface area contributed by atoms with Crippen molar-refractivity contribution in [1.82, 2.24) is 4.90 Å². The van der Waals surface area contributed by atoms with Crippen LogP contribution in [0.2, 0.25) is 0 Å². The minimum absolute atomic E-state index is 0.168. The average Bonchev–Trinajstić information content (AvgIpc) is 2.99. The summed E-state index contributed by atoms with van der Waals surface area (Å²) in [7, 11) is 5.11. The second kappa shape index (κ2) is 6.94. The van der Waals surface area contributed by atoms with Crippen molar-refractivity contribution in [3.8, 4) is 11.5 Å². The zero-order chi connectivity index (χ0) is 18.0. The molecule has 0 N–H and O–H groups in total. The predicted octanol–water partition coefficient (Wildman–Crippen LogP) is 3.59. The van der Waals surface area contributed by atoms with E-state index in [1.807, 2.05) is 60.5 Å². The summed E-state index contributed by atoms with van der Waals surface area (Å²) in [6.07, 6.45) is 1.72. The first-order valence-corrected chi connectivity index (χ1v) is 7.91. The molecule has 0 unspecified atom stereocenters. The standard InChI is InChI=1S/C19H20N2O4/c1-20-17(13-4-8-15(24-2)9-5-13)12-18(21(22)23)19(20)14-6-10-16(25-3)11-7-14/h4-12,17,19H,1-3H3/t17-,19+/m0/s1. The van der Waals surface area contributed by atoms with Crippen LogP contribution in [0.4, 0.5) is 0 Å². The molecule has 130 valence electrons. The van der Waals surface area contributed by atoms with Crippen LogP contribution in [-0.2, 0) is 0 Å². The third kappa shape index (κ3) is 3.21. The Morgan fingerprint density at radius 2 is 1.40 bits per heavy atom. The summed E-state index contributed by atoms with van der Waals surface area (Å²) in [6, 6.07) is 14.4. The van der Waals surface area contributed by atoms with E-state index in [0.717, 1.165) is 22.6 Å². The van der Waals surface area contributed by atoms with Crippen LogP contribution in [0.3, 0.4) is 0 Å². The van der Waals surface area contributed by atoms with Crippen molar-refractivity contribution < 1.29 is 14.4 Å². The molecular weight excluding hydrogens is 320 g/mol. The molecule has 0 bridgehead atoms. The predicted molar refractivity (Wildman–Crippen MR) is 94.3 cm³/mol. The normalized spacial score (nSPS) is 20.2. The van der Waals surface area contributed by atoms with Gasteiger partial charge in [0, 0.05) is 6.08 Å². The SMILES string of the molecule is COc1ccc([C@@H]2C=C([N+](=O)[O-])[C@@H](c3ccc(OC)cc3)N2C)cc1. The lowest BCUT2D eigenvalue weighted by atomic mass is 10.0. The highest BCUT2D eigenvalue weighted by Crippen LogP contribution is 2.42. The maximum Gasteiger partial charge on any atom is 0.265 e. The van der Waals surface area contributed by atoms with Crippen molar-refractivity contribution in [2.45, 2.75) is 12.1 Å². The van der Waals surface area contributed by atoms with Crippen molar-refractivity contribution in [1.29, 1.82) is 0 Å². The molecule has 0 radical (unpaired) electrons. The summed E-state index contributed by atoms with van der Waals surface area (Å²) >= 11 is 0. The molecule has 2 aromatic carbocycles. The number of likely N-dealkylation sites (N-methyl/N-ethyl adjacent to an activating group) is 1. The van der Waals surface area contributed by atoms with Crippen molar-refractivity contribution in [2.24, 2.45) is 0 Å². The lowest BCUT2D eigenvalue weighted by molar-refractivity contribution is -0.431. The Hall–Kier alpha value is -2.86. The molecule has 3 rings (SSSR count). The van der Waals surface area contributed by atoms with E-state index in [9.17, 15) is 10.1 Å². The summed E-state index contributed by atoms with van der Waals surface area (Å²) in [6.45, 7) is 0.